The molecule has 1 N–H and O–H groups in total. The van der Waals surface area contributed by atoms with E-state index in [1.54, 1.807) is 0 Å². The summed E-state index contributed by atoms with van der Waals surface area (Å²) in [6, 6.07) is 7.12. The molecule has 0 radical (unpaired) electrons. The van der Waals surface area contributed by atoms with Gasteiger partial charge in [-0.25, -0.2) is 0 Å². The summed E-state index contributed by atoms with van der Waals surface area (Å²) in [6.45, 7) is 3.06. The third-order valence-electron chi connectivity index (χ3n) is 5.07. The summed E-state index contributed by atoms with van der Waals surface area (Å²) in [5, 5.41) is 3.55. The zero-order chi connectivity index (χ0) is 14.2. The molecule has 2 atom stereocenters. The summed E-state index contributed by atoms with van der Waals surface area (Å²) in [4.78, 5) is 0. The molecule has 110 valence electrons. The molecule has 1 aromatic carbocycles. The molecule has 1 aliphatic heterocycles. The minimum absolute atomic E-state index is 0.217. The first-order valence-corrected chi connectivity index (χ1v) is 8.50. The SMILES string of the molecule is CNC(c1ccc(C)cc1Br)C1CCOC2(CCC2)C1. The van der Waals surface area contributed by atoms with Crippen molar-refractivity contribution in [3.8, 4) is 0 Å². The number of aryl methyl sites for hydroxylation is 1. The van der Waals surface area contributed by atoms with Gasteiger partial charge in [-0.2, -0.15) is 0 Å². The summed E-state index contributed by atoms with van der Waals surface area (Å²) < 4.78 is 7.30. The second-order valence-electron chi connectivity index (χ2n) is 6.43. The average Bonchev–Trinajstić information content (AvgIpc) is 2.40. The standard InChI is InChI=1S/C17H24BrNO/c1-12-4-5-14(15(18)10-12)16(19-2)13-6-9-20-17(11-13)7-3-8-17/h4-5,10,13,16,19H,3,6-9,11H2,1-2H3. The minimum Gasteiger partial charge on any atom is -0.375 e. The van der Waals surface area contributed by atoms with Crippen LogP contribution in [0.5, 0.6) is 0 Å². The molecule has 2 aliphatic rings. The van der Waals surface area contributed by atoms with Crippen LogP contribution in [-0.2, 0) is 4.74 Å². The van der Waals surface area contributed by atoms with Crippen LogP contribution in [0.25, 0.3) is 0 Å². The molecular weight excluding hydrogens is 314 g/mol. The minimum atomic E-state index is 0.217. The number of halogens is 1. The maximum atomic E-state index is 6.07. The molecule has 2 fully saturated rings. The Morgan fingerprint density at radius 2 is 2.20 bits per heavy atom. The first-order chi connectivity index (χ1) is 9.63. The van der Waals surface area contributed by atoms with E-state index < -0.39 is 0 Å². The van der Waals surface area contributed by atoms with Crippen LogP contribution in [-0.4, -0.2) is 19.3 Å². The molecule has 2 nitrogen and oxygen atoms in total. The average molecular weight is 338 g/mol. The van der Waals surface area contributed by atoms with E-state index >= 15 is 0 Å². The molecule has 1 spiro atoms. The zero-order valence-corrected chi connectivity index (χ0v) is 14.0. The molecule has 2 unspecified atom stereocenters. The quantitative estimate of drug-likeness (QED) is 0.884. The van der Waals surface area contributed by atoms with Crippen molar-refractivity contribution in [3.63, 3.8) is 0 Å². The molecule has 0 bridgehead atoms. The molecule has 1 heterocycles. The van der Waals surface area contributed by atoms with Crippen LogP contribution in [0.3, 0.4) is 0 Å². The summed E-state index contributed by atoms with van der Waals surface area (Å²) in [5.74, 6) is 0.674. The van der Waals surface area contributed by atoms with Crippen LogP contribution in [0.15, 0.2) is 22.7 Å². The maximum absolute atomic E-state index is 6.07. The van der Waals surface area contributed by atoms with Crippen molar-refractivity contribution in [2.45, 2.75) is 50.7 Å². The Hall–Kier alpha value is -0.380. The van der Waals surface area contributed by atoms with Gasteiger partial charge in [-0.3, -0.25) is 0 Å². The van der Waals surface area contributed by atoms with Gasteiger partial charge in [-0.15, -0.1) is 0 Å². The van der Waals surface area contributed by atoms with Crippen molar-refractivity contribution in [2.24, 2.45) is 5.92 Å². The van der Waals surface area contributed by atoms with Crippen LogP contribution in [0.1, 0.15) is 49.3 Å². The van der Waals surface area contributed by atoms with E-state index in [4.69, 9.17) is 4.74 Å². The lowest BCUT2D eigenvalue weighted by molar-refractivity contribution is -0.147. The highest BCUT2D eigenvalue weighted by atomic mass is 79.9. The Morgan fingerprint density at radius 1 is 1.40 bits per heavy atom. The summed E-state index contributed by atoms with van der Waals surface area (Å²) >= 11 is 3.74. The highest BCUT2D eigenvalue weighted by molar-refractivity contribution is 9.10. The van der Waals surface area contributed by atoms with Crippen molar-refractivity contribution < 1.29 is 4.74 Å². The van der Waals surface area contributed by atoms with E-state index in [1.807, 2.05) is 0 Å². The number of hydrogen-bond acceptors (Lipinski definition) is 2. The highest BCUT2D eigenvalue weighted by Crippen LogP contribution is 2.47. The Kier molecular flexibility index (Phi) is 4.21. The zero-order valence-electron chi connectivity index (χ0n) is 12.4. The van der Waals surface area contributed by atoms with Gasteiger partial charge in [0.1, 0.15) is 0 Å². The second kappa shape index (κ2) is 5.78. The lowest BCUT2D eigenvalue weighted by Crippen LogP contribution is -2.47. The smallest absolute Gasteiger partial charge is 0.0686 e. The largest absolute Gasteiger partial charge is 0.375 e. The van der Waals surface area contributed by atoms with Gasteiger partial charge in [-0.1, -0.05) is 28.1 Å². The third-order valence-corrected chi connectivity index (χ3v) is 5.76. The van der Waals surface area contributed by atoms with Gasteiger partial charge in [-0.05, 0) is 69.2 Å². The number of rotatable bonds is 3. The molecular formula is C17H24BrNO. The van der Waals surface area contributed by atoms with Gasteiger partial charge in [0, 0.05) is 17.1 Å². The van der Waals surface area contributed by atoms with Crippen LogP contribution < -0.4 is 5.32 Å². The Morgan fingerprint density at radius 3 is 2.80 bits per heavy atom. The fourth-order valence-electron chi connectivity index (χ4n) is 3.80. The molecule has 0 aromatic heterocycles. The van der Waals surface area contributed by atoms with Crippen molar-refractivity contribution in [2.75, 3.05) is 13.7 Å². The predicted octanol–water partition coefficient (Wildman–Crippen LogP) is 4.37. The lowest BCUT2D eigenvalue weighted by Gasteiger charge is -2.49. The van der Waals surface area contributed by atoms with E-state index in [0.717, 1.165) is 13.0 Å². The Bertz CT molecular complexity index is 484. The van der Waals surface area contributed by atoms with Gasteiger partial charge in [0.05, 0.1) is 5.60 Å². The first kappa shape index (κ1) is 14.6. The fourth-order valence-corrected chi connectivity index (χ4v) is 4.54. The van der Waals surface area contributed by atoms with Crippen LogP contribution in [0, 0.1) is 12.8 Å². The summed E-state index contributed by atoms with van der Waals surface area (Å²) in [6.07, 6.45) is 6.22. The molecule has 0 amide bonds. The third kappa shape index (κ3) is 2.68. The van der Waals surface area contributed by atoms with Gasteiger partial charge < -0.3 is 10.1 Å². The number of benzene rings is 1. The second-order valence-corrected chi connectivity index (χ2v) is 7.28. The molecule has 20 heavy (non-hydrogen) atoms. The predicted molar refractivity (Wildman–Crippen MR) is 85.9 cm³/mol. The van der Waals surface area contributed by atoms with E-state index in [-0.39, 0.29) is 5.60 Å². The first-order valence-electron chi connectivity index (χ1n) is 7.71. The fraction of sp³-hybridized carbons (Fsp3) is 0.647. The summed E-state index contributed by atoms with van der Waals surface area (Å²) in [5.41, 5.74) is 2.91. The van der Waals surface area contributed by atoms with Crippen molar-refractivity contribution in [1.82, 2.24) is 5.32 Å². The molecule has 3 heteroatoms. The number of nitrogens with one attached hydrogen (secondary N) is 1. The summed E-state index contributed by atoms with van der Waals surface area (Å²) in [7, 11) is 2.08. The van der Waals surface area contributed by atoms with E-state index in [1.165, 1.54) is 41.3 Å². The normalized spacial score (nSPS) is 26.2. The topological polar surface area (TPSA) is 21.3 Å². The van der Waals surface area contributed by atoms with Gasteiger partial charge in [0.25, 0.3) is 0 Å². The molecule has 1 aromatic rings. The van der Waals surface area contributed by atoms with Crippen molar-refractivity contribution >= 4 is 15.9 Å². The van der Waals surface area contributed by atoms with Gasteiger partial charge >= 0.3 is 0 Å². The highest BCUT2D eigenvalue weighted by Gasteiger charge is 2.44. The van der Waals surface area contributed by atoms with E-state index in [0.29, 0.717) is 12.0 Å². The number of ether oxygens (including phenoxy) is 1. The van der Waals surface area contributed by atoms with Crippen molar-refractivity contribution in [3.05, 3.63) is 33.8 Å². The maximum Gasteiger partial charge on any atom is 0.0686 e. The van der Waals surface area contributed by atoms with Crippen LogP contribution in [0.2, 0.25) is 0 Å². The van der Waals surface area contributed by atoms with E-state index in [2.05, 4.69) is 53.4 Å². The molecule has 3 rings (SSSR count). The molecule has 1 aliphatic carbocycles. The molecule has 1 saturated heterocycles. The monoisotopic (exact) mass is 337 g/mol. The lowest BCUT2D eigenvalue weighted by atomic mass is 9.69. The Balaban J connectivity index is 1.81. The van der Waals surface area contributed by atoms with E-state index in [9.17, 15) is 0 Å². The van der Waals surface area contributed by atoms with Gasteiger partial charge in [0.2, 0.25) is 0 Å². The molecule has 1 saturated carbocycles. The van der Waals surface area contributed by atoms with Crippen LogP contribution >= 0.6 is 15.9 Å². The van der Waals surface area contributed by atoms with Crippen LogP contribution in [0.4, 0.5) is 0 Å². The van der Waals surface area contributed by atoms with Gasteiger partial charge in [0.15, 0.2) is 0 Å². The number of hydrogen-bond donors (Lipinski definition) is 1. The van der Waals surface area contributed by atoms with Crippen molar-refractivity contribution in [1.29, 1.82) is 0 Å². The Labute approximate surface area is 130 Å².